The van der Waals surface area contributed by atoms with E-state index in [0.717, 1.165) is 24.0 Å². The zero-order chi connectivity index (χ0) is 19.0. The Kier molecular flexibility index (Phi) is 4.39. The van der Waals surface area contributed by atoms with Crippen LogP contribution in [0.15, 0.2) is 48.5 Å². The van der Waals surface area contributed by atoms with E-state index in [-0.39, 0.29) is 17.7 Å². The Hall–Kier alpha value is -3.15. The van der Waals surface area contributed by atoms with Gasteiger partial charge in [0.25, 0.3) is 5.91 Å². The maximum absolute atomic E-state index is 12.6. The van der Waals surface area contributed by atoms with Crippen molar-refractivity contribution in [3.05, 3.63) is 65.2 Å². The first-order chi connectivity index (χ1) is 13.0. The topological polar surface area (TPSA) is 95.5 Å². The van der Waals surface area contributed by atoms with Crippen LogP contribution < -0.4 is 10.6 Å². The summed E-state index contributed by atoms with van der Waals surface area (Å²) in [5, 5.41) is 15.2. The molecule has 0 bridgehead atoms. The fourth-order valence-electron chi connectivity index (χ4n) is 3.52. The van der Waals surface area contributed by atoms with Crippen LogP contribution in [0.3, 0.4) is 0 Å². The van der Waals surface area contributed by atoms with Crippen LogP contribution in [0.25, 0.3) is 0 Å². The number of hydrogen-bond acceptors (Lipinski definition) is 3. The smallest absolute Gasteiger partial charge is 0.309 e. The number of anilines is 1. The average molecular weight is 364 g/mol. The van der Waals surface area contributed by atoms with Crippen molar-refractivity contribution >= 4 is 23.5 Å². The third-order valence-corrected chi connectivity index (χ3v) is 5.20. The summed E-state index contributed by atoms with van der Waals surface area (Å²) in [5.41, 5.74) is 2.88. The monoisotopic (exact) mass is 364 g/mol. The van der Waals surface area contributed by atoms with Crippen LogP contribution >= 0.6 is 0 Å². The fraction of sp³-hybridized carbons (Fsp3) is 0.286. The van der Waals surface area contributed by atoms with Gasteiger partial charge in [-0.2, -0.15) is 0 Å². The molecular formula is C21H20N2O4. The highest BCUT2D eigenvalue weighted by Crippen LogP contribution is 2.36. The predicted molar refractivity (Wildman–Crippen MR) is 99.3 cm³/mol. The number of rotatable bonds is 5. The Bertz CT molecular complexity index is 903. The summed E-state index contributed by atoms with van der Waals surface area (Å²) in [5.74, 6) is -1.80. The Morgan fingerprint density at radius 1 is 0.963 bits per heavy atom. The van der Waals surface area contributed by atoms with Gasteiger partial charge in [0.15, 0.2) is 0 Å². The van der Waals surface area contributed by atoms with Gasteiger partial charge in [-0.25, -0.2) is 0 Å². The van der Waals surface area contributed by atoms with Crippen molar-refractivity contribution in [3.63, 3.8) is 0 Å². The molecule has 3 N–H and O–H groups in total. The molecule has 2 aromatic rings. The highest BCUT2D eigenvalue weighted by molar-refractivity contribution is 5.97. The van der Waals surface area contributed by atoms with Gasteiger partial charge in [0, 0.05) is 17.2 Å². The van der Waals surface area contributed by atoms with Crippen molar-refractivity contribution in [3.8, 4) is 0 Å². The van der Waals surface area contributed by atoms with Crippen molar-refractivity contribution in [2.45, 2.75) is 25.3 Å². The van der Waals surface area contributed by atoms with E-state index in [1.807, 2.05) is 24.3 Å². The molecule has 1 saturated carbocycles. The third kappa shape index (κ3) is 3.56. The van der Waals surface area contributed by atoms with Crippen LogP contribution in [0.5, 0.6) is 0 Å². The molecule has 6 heteroatoms. The summed E-state index contributed by atoms with van der Waals surface area (Å²) in [4.78, 5) is 36.0. The minimum Gasteiger partial charge on any atom is -0.481 e. The first-order valence-corrected chi connectivity index (χ1v) is 9.05. The molecule has 4 rings (SSSR count). The first kappa shape index (κ1) is 17.3. The molecule has 6 nitrogen and oxygen atoms in total. The summed E-state index contributed by atoms with van der Waals surface area (Å²) >= 11 is 0. The van der Waals surface area contributed by atoms with Gasteiger partial charge in [-0.3, -0.25) is 14.4 Å². The SMILES string of the molecule is O=C(N[C@@H]1c2ccccc2C[C@@H]1C(=O)O)c1ccc(NC(=O)C2CC2)cc1. The van der Waals surface area contributed by atoms with Gasteiger partial charge in [0.2, 0.25) is 5.91 Å². The van der Waals surface area contributed by atoms with E-state index in [0.29, 0.717) is 17.7 Å². The Morgan fingerprint density at radius 2 is 1.67 bits per heavy atom. The summed E-state index contributed by atoms with van der Waals surface area (Å²) in [6.45, 7) is 0. The number of hydrogen-bond donors (Lipinski definition) is 3. The van der Waals surface area contributed by atoms with Crippen LogP contribution in [0.4, 0.5) is 5.69 Å². The Morgan fingerprint density at radius 3 is 2.33 bits per heavy atom. The molecule has 2 atom stereocenters. The van der Waals surface area contributed by atoms with Crippen molar-refractivity contribution < 1.29 is 19.5 Å². The molecule has 0 heterocycles. The highest BCUT2D eigenvalue weighted by Gasteiger charge is 2.38. The van der Waals surface area contributed by atoms with Crippen molar-refractivity contribution in [1.29, 1.82) is 0 Å². The number of nitrogens with one attached hydrogen (secondary N) is 2. The summed E-state index contributed by atoms with van der Waals surface area (Å²) in [6, 6.07) is 13.6. The molecule has 0 aliphatic heterocycles. The molecule has 0 unspecified atom stereocenters. The molecule has 2 aromatic carbocycles. The van der Waals surface area contributed by atoms with Crippen LogP contribution in [0, 0.1) is 11.8 Å². The second-order valence-corrected chi connectivity index (χ2v) is 7.14. The van der Waals surface area contributed by atoms with Gasteiger partial charge in [-0.05, 0) is 54.7 Å². The van der Waals surface area contributed by atoms with Crippen LogP contribution in [-0.4, -0.2) is 22.9 Å². The average Bonchev–Trinajstić information content (AvgIpc) is 3.45. The van der Waals surface area contributed by atoms with E-state index in [2.05, 4.69) is 10.6 Å². The normalized spacial score (nSPS) is 20.6. The number of aliphatic carboxylic acids is 1. The van der Waals surface area contributed by atoms with E-state index >= 15 is 0 Å². The number of amides is 2. The van der Waals surface area contributed by atoms with Crippen LogP contribution in [0.1, 0.15) is 40.4 Å². The van der Waals surface area contributed by atoms with Gasteiger partial charge in [-0.15, -0.1) is 0 Å². The quantitative estimate of drug-likeness (QED) is 0.760. The van der Waals surface area contributed by atoms with Crippen molar-refractivity contribution in [2.24, 2.45) is 11.8 Å². The second-order valence-electron chi connectivity index (χ2n) is 7.14. The fourth-order valence-corrected chi connectivity index (χ4v) is 3.52. The molecule has 27 heavy (non-hydrogen) atoms. The van der Waals surface area contributed by atoms with E-state index in [9.17, 15) is 19.5 Å². The number of carbonyl (C=O) groups excluding carboxylic acids is 2. The predicted octanol–water partition coefficient (Wildman–Crippen LogP) is 2.76. The van der Waals surface area contributed by atoms with Crippen LogP contribution in [0.2, 0.25) is 0 Å². The van der Waals surface area contributed by atoms with Gasteiger partial charge in [0.1, 0.15) is 0 Å². The first-order valence-electron chi connectivity index (χ1n) is 9.05. The second kappa shape index (κ2) is 6.87. The number of carbonyl (C=O) groups is 3. The molecule has 2 amide bonds. The zero-order valence-corrected chi connectivity index (χ0v) is 14.6. The molecule has 1 fully saturated rings. The molecule has 0 radical (unpaired) electrons. The van der Waals surface area contributed by atoms with Crippen LogP contribution in [-0.2, 0) is 16.0 Å². The molecule has 0 saturated heterocycles. The largest absolute Gasteiger partial charge is 0.481 e. The Balaban J connectivity index is 1.47. The third-order valence-electron chi connectivity index (χ3n) is 5.20. The van der Waals surface area contributed by atoms with Gasteiger partial charge < -0.3 is 15.7 Å². The van der Waals surface area contributed by atoms with E-state index in [1.165, 1.54) is 0 Å². The lowest BCUT2D eigenvalue weighted by molar-refractivity contribution is -0.142. The summed E-state index contributed by atoms with van der Waals surface area (Å²) < 4.78 is 0. The molecule has 0 aromatic heterocycles. The van der Waals surface area contributed by atoms with Gasteiger partial charge >= 0.3 is 5.97 Å². The van der Waals surface area contributed by atoms with E-state index < -0.39 is 17.9 Å². The maximum Gasteiger partial charge on any atom is 0.309 e. The number of benzene rings is 2. The lowest BCUT2D eigenvalue weighted by Crippen LogP contribution is -2.34. The number of carboxylic acids is 1. The highest BCUT2D eigenvalue weighted by atomic mass is 16.4. The standard InChI is InChI=1S/C21H20N2O4/c24-19(12-5-6-12)22-15-9-7-13(8-10-15)20(25)23-18-16-4-2-1-3-14(16)11-17(18)21(26)27/h1-4,7-10,12,17-18H,5-6,11H2,(H,22,24)(H,23,25)(H,26,27)/t17-,18+/m0/s1. The number of fused-ring (bicyclic) bond motifs is 1. The van der Waals surface area contributed by atoms with E-state index in [1.54, 1.807) is 24.3 Å². The zero-order valence-electron chi connectivity index (χ0n) is 14.6. The van der Waals surface area contributed by atoms with E-state index in [4.69, 9.17) is 0 Å². The summed E-state index contributed by atoms with van der Waals surface area (Å²) in [6.07, 6.45) is 2.27. The Labute approximate surface area is 156 Å². The number of carboxylic acid groups (broad SMARTS) is 1. The lowest BCUT2D eigenvalue weighted by Gasteiger charge is -2.19. The molecule has 2 aliphatic carbocycles. The molecule has 138 valence electrons. The minimum absolute atomic E-state index is 0.0130. The minimum atomic E-state index is -0.922. The summed E-state index contributed by atoms with van der Waals surface area (Å²) in [7, 11) is 0. The lowest BCUT2D eigenvalue weighted by atomic mass is 10.00. The maximum atomic E-state index is 12.6. The molecule has 2 aliphatic rings. The molecule has 0 spiro atoms. The van der Waals surface area contributed by atoms with Crippen molar-refractivity contribution in [2.75, 3.05) is 5.32 Å². The van der Waals surface area contributed by atoms with Gasteiger partial charge in [-0.1, -0.05) is 24.3 Å². The van der Waals surface area contributed by atoms with Gasteiger partial charge in [0.05, 0.1) is 12.0 Å². The molecular weight excluding hydrogens is 344 g/mol. The van der Waals surface area contributed by atoms with Crippen molar-refractivity contribution in [1.82, 2.24) is 5.32 Å².